The molecule has 0 spiro atoms. The van der Waals surface area contributed by atoms with Crippen LogP contribution >= 0.6 is 0 Å². The van der Waals surface area contributed by atoms with Crippen molar-refractivity contribution in [3.05, 3.63) is 64.3 Å². The third-order valence-electron chi connectivity index (χ3n) is 6.82. The standard InChI is InChI=1S/C26H23N3O6/c1-11-22(32)20(13(3)30)24-21(23(11)33)26(4)18(35-24)9-17(31)19(25(26)34)12(2)28-14-6-7-16-15(8-14)27-10-29(16)5/h6-10,28,32-33H,1-5H3/b19-12+/t26-/m0/s1. The van der Waals surface area contributed by atoms with Crippen LogP contribution in [-0.2, 0) is 22.1 Å². The maximum absolute atomic E-state index is 13.9. The number of nitrogens with one attached hydrogen (secondary N) is 1. The molecule has 2 heterocycles. The predicted molar refractivity (Wildman–Crippen MR) is 128 cm³/mol. The van der Waals surface area contributed by atoms with Gasteiger partial charge in [0.2, 0.25) is 0 Å². The second kappa shape index (κ2) is 7.30. The van der Waals surface area contributed by atoms with E-state index in [1.165, 1.54) is 26.8 Å². The van der Waals surface area contributed by atoms with Crippen LogP contribution in [-0.4, -0.2) is 37.1 Å². The molecule has 178 valence electrons. The lowest BCUT2D eigenvalue weighted by atomic mass is 9.70. The highest BCUT2D eigenvalue weighted by Crippen LogP contribution is 2.57. The van der Waals surface area contributed by atoms with E-state index in [1.807, 2.05) is 29.8 Å². The molecule has 0 fully saturated rings. The van der Waals surface area contributed by atoms with Gasteiger partial charge in [0.1, 0.15) is 34.0 Å². The Kier molecular flexibility index (Phi) is 4.67. The molecule has 2 aromatic carbocycles. The Labute approximate surface area is 200 Å². The van der Waals surface area contributed by atoms with Crippen molar-refractivity contribution in [1.29, 1.82) is 0 Å². The Morgan fingerprint density at radius 2 is 1.89 bits per heavy atom. The van der Waals surface area contributed by atoms with Crippen molar-refractivity contribution < 1.29 is 29.3 Å². The molecule has 3 aromatic rings. The number of phenols is 2. The van der Waals surface area contributed by atoms with Gasteiger partial charge in [0.05, 0.1) is 28.5 Å². The highest BCUT2D eigenvalue weighted by Gasteiger charge is 2.56. The van der Waals surface area contributed by atoms with E-state index in [2.05, 4.69) is 10.3 Å². The first-order valence-electron chi connectivity index (χ1n) is 10.9. The van der Waals surface area contributed by atoms with Crippen LogP contribution in [0.25, 0.3) is 11.0 Å². The highest BCUT2D eigenvalue weighted by atomic mass is 16.5. The number of Topliss-reactive ketones (excluding diaryl/α,β-unsaturated/α-hetero) is 2. The summed E-state index contributed by atoms with van der Waals surface area (Å²) in [6.45, 7) is 5.85. The van der Waals surface area contributed by atoms with E-state index in [0.29, 0.717) is 11.4 Å². The van der Waals surface area contributed by atoms with Crippen molar-refractivity contribution in [3.63, 3.8) is 0 Å². The van der Waals surface area contributed by atoms with Crippen molar-refractivity contribution in [1.82, 2.24) is 9.55 Å². The Balaban J connectivity index is 1.65. The van der Waals surface area contributed by atoms with Crippen LogP contribution < -0.4 is 10.1 Å². The molecule has 1 aromatic heterocycles. The number of hydrogen-bond donors (Lipinski definition) is 3. The van der Waals surface area contributed by atoms with Gasteiger partial charge in [-0.3, -0.25) is 14.4 Å². The summed E-state index contributed by atoms with van der Waals surface area (Å²) < 4.78 is 7.67. The molecule has 1 aliphatic heterocycles. The number of aromatic hydroxyl groups is 2. The molecule has 0 bridgehead atoms. The smallest absolute Gasteiger partial charge is 0.194 e. The summed E-state index contributed by atoms with van der Waals surface area (Å²) in [6.07, 6.45) is 2.89. The summed E-state index contributed by atoms with van der Waals surface area (Å²) in [4.78, 5) is 43.5. The molecule has 0 saturated carbocycles. The van der Waals surface area contributed by atoms with Crippen LogP contribution in [0.4, 0.5) is 5.69 Å². The fourth-order valence-electron chi connectivity index (χ4n) is 4.86. The highest BCUT2D eigenvalue weighted by molar-refractivity contribution is 6.31. The lowest BCUT2D eigenvalue weighted by molar-refractivity contribution is -0.123. The van der Waals surface area contributed by atoms with Crippen LogP contribution in [0.2, 0.25) is 0 Å². The van der Waals surface area contributed by atoms with Gasteiger partial charge in [0, 0.05) is 30.1 Å². The number of allylic oxidation sites excluding steroid dienone is 4. The Bertz CT molecular complexity index is 1580. The number of phenolic OH excluding ortho intramolecular Hbond substituents is 2. The first-order chi connectivity index (χ1) is 16.5. The first-order valence-corrected chi connectivity index (χ1v) is 10.9. The zero-order valence-corrected chi connectivity index (χ0v) is 19.8. The average molecular weight is 473 g/mol. The van der Waals surface area contributed by atoms with Gasteiger partial charge in [0.25, 0.3) is 0 Å². The molecule has 9 heteroatoms. The van der Waals surface area contributed by atoms with Gasteiger partial charge in [-0.1, -0.05) is 0 Å². The minimum absolute atomic E-state index is 0.00300. The molecule has 1 aliphatic carbocycles. The van der Waals surface area contributed by atoms with E-state index in [4.69, 9.17) is 4.74 Å². The normalized spacial score (nSPS) is 20.3. The lowest BCUT2D eigenvalue weighted by Gasteiger charge is -2.29. The number of nitrogens with zero attached hydrogens (tertiary/aromatic N) is 2. The van der Waals surface area contributed by atoms with E-state index < -0.39 is 28.5 Å². The van der Waals surface area contributed by atoms with Gasteiger partial charge in [-0.05, 0) is 45.9 Å². The number of fused-ring (bicyclic) bond motifs is 4. The van der Waals surface area contributed by atoms with Crippen LogP contribution in [0.15, 0.2) is 47.6 Å². The van der Waals surface area contributed by atoms with Crippen LogP contribution in [0.3, 0.4) is 0 Å². The first kappa shape index (κ1) is 22.4. The van der Waals surface area contributed by atoms with Gasteiger partial charge in [-0.25, -0.2) is 4.98 Å². The molecule has 3 N–H and O–H groups in total. The minimum atomic E-state index is -1.56. The fourth-order valence-corrected chi connectivity index (χ4v) is 4.86. The van der Waals surface area contributed by atoms with E-state index in [-0.39, 0.29) is 39.5 Å². The zero-order valence-electron chi connectivity index (χ0n) is 19.8. The van der Waals surface area contributed by atoms with Crippen molar-refractivity contribution in [2.75, 3.05) is 5.32 Å². The number of carbonyl (C=O) groups excluding carboxylic acids is 3. The number of imidazole rings is 1. The number of carbonyl (C=O) groups is 3. The average Bonchev–Trinajstić information content (AvgIpc) is 3.30. The van der Waals surface area contributed by atoms with E-state index in [9.17, 15) is 24.6 Å². The van der Waals surface area contributed by atoms with E-state index in [0.717, 1.165) is 11.0 Å². The zero-order chi connectivity index (χ0) is 25.4. The van der Waals surface area contributed by atoms with Gasteiger partial charge in [-0.2, -0.15) is 0 Å². The quantitative estimate of drug-likeness (QED) is 0.299. The molecule has 9 nitrogen and oxygen atoms in total. The predicted octanol–water partition coefficient (Wildman–Crippen LogP) is 3.57. The SMILES string of the molecule is CC(=O)c1c(O)c(C)c(O)c2c1OC1=CC(=O)/C(=C(/C)Nc3ccc4c(c3)ncn4C)C(=O)[C@@]12C. The van der Waals surface area contributed by atoms with Crippen LogP contribution in [0.1, 0.15) is 42.3 Å². The maximum atomic E-state index is 13.9. The van der Waals surface area contributed by atoms with Gasteiger partial charge < -0.3 is 24.8 Å². The number of hydrogen-bond acceptors (Lipinski definition) is 8. The molecule has 0 unspecified atom stereocenters. The number of aromatic nitrogens is 2. The van der Waals surface area contributed by atoms with Crippen molar-refractivity contribution in [3.8, 4) is 17.2 Å². The third-order valence-corrected chi connectivity index (χ3v) is 6.82. The largest absolute Gasteiger partial charge is 0.507 e. The molecule has 35 heavy (non-hydrogen) atoms. The molecule has 0 saturated heterocycles. The Hall–Kier alpha value is -4.40. The van der Waals surface area contributed by atoms with E-state index in [1.54, 1.807) is 13.3 Å². The Morgan fingerprint density at radius 3 is 2.57 bits per heavy atom. The summed E-state index contributed by atoms with van der Waals surface area (Å²) in [5.41, 5.74) is 0.963. The summed E-state index contributed by atoms with van der Waals surface area (Å²) in [6, 6.07) is 5.51. The van der Waals surface area contributed by atoms with Gasteiger partial charge in [0.15, 0.2) is 17.3 Å². The molecule has 0 amide bonds. The summed E-state index contributed by atoms with van der Waals surface area (Å²) in [5.74, 6) is -2.55. The molecule has 1 atom stereocenters. The fraction of sp³-hybridized carbons (Fsp3) is 0.231. The topological polar surface area (TPSA) is 131 Å². The van der Waals surface area contributed by atoms with Crippen molar-refractivity contribution >= 4 is 34.1 Å². The lowest BCUT2D eigenvalue weighted by Crippen LogP contribution is -2.40. The van der Waals surface area contributed by atoms with Crippen LogP contribution in [0, 0.1) is 6.92 Å². The summed E-state index contributed by atoms with van der Waals surface area (Å²) >= 11 is 0. The number of aryl methyl sites for hydroxylation is 1. The van der Waals surface area contributed by atoms with Gasteiger partial charge in [-0.15, -0.1) is 0 Å². The molecule has 5 rings (SSSR count). The summed E-state index contributed by atoms with van der Waals surface area (Å²) in [5, 5.41) is 24.5. The molecule has 0 radical (unpaired) electrons. The number of benzene rings is 2. The Morgan fingerprint density at radius 1 is 1.17 bits per heavy atom. The maximum Gasteiger partial charge on any atom is 0.194 e. The molecular weight excluding hydrogens is 450 g/mol. The third kappa shape index (κ3) is 2.94. The van der Waals surface area contributed by atoms with Crippen LogP contribution in [0.5, 0.6) is 17.2 Å². The number of anilines is 1. The number of ketones is 3. The van der Waals surface area contributed by atoms with Crippen molar-refractivity contribution in [2.24, 2.45) is 7.05 Å². The van der Waals surface area contributed by atoms with E-state index >= 15 is 0 Å². The van der Waals surface area contributed by atoms with Gasteiger partial charge >= 0.3 is 0 Å². The molecule has 2 aliphatic rings. The number of rotatable bonds is 3. The second-order valence-electron chi connectivity index (χ2n) is 9.07. The second-order valence-corrected chi connectivity index (χ2v) is 9.07. The molecular formula is C26H23N3O6. The monoisotopic (exact) mass is 473 g/mol. The van der Waals surface area contributed by atoms with Crippen molar-refractivity contribution in [2.45, 2.75) is 33.1 Å². The number of ether oxygens (including phenoxy) is 1. The minimum Gasteiger partial charge on any atom is -0.507 e. The summed E-state index contributed by atoms with van der Waals surface area (Å²) in [7, 11) is 1.88.